The van der Waals surface area contributed by atoms with Crippen LogP contribution in [0.2, 0.25) is 0 Å². The van der Waals surface area contributed by atoms with E-state index in [2.05, 4.69) is 21.1 Å². The van der Waals surface area contributed by atoms with Gasteiger partial charge in [-0.3, -0.25) is 10.9 Å². The van der Waals surface area contributed by atoms with Crippen molar-refractivity contribution in [2.75, 3.05) is 0 Å². The molecular formula is C13H18N6S2. The summed E-state index contributed by atoms with van der Waals surface area (Å²) in [6, 6.07) is 0. The minimum absolute atomic E-state index is 0.227. The molecule has 4 fully saturated rings. The average Bonchev–Trinajstić information content (AvgIpc) is 3.03. The predicted molar refractivity (Wildman–Crippen MR) is 89.5 cm³/mol. The standard InChI is InChI=1S/C13H18N6S2/c14-12(20)18-16-8-2-4-5-3-9(17-19-13(15)21)11-7(5)1-6(4)10(8)11/h4-7,10-11H,1-3H2,(H3,14,18,20)(H3,15,19,21)/b16-8+,17-9+. The molecule has 6 nitrogen and oxygen atoms in total. The van der Waals surface area contributed by atoms with Gasteiger partial charge in [-0.15, -0.1) is 0 Å². The van der Waals surface area contributed by atoms with Crippen molar-refractivity contribution in [3.63, 3.8) is 0 Å². The number of hydrazone groups is 2. The summed E-state index contributed by atoms with van der Waals surface area (Å²) in [5, 5.41) is 9.39. The zero-order chi connectivity index (χ0) is 14.7. The Hall–Kier alpha value is -1.28. The third kappa shape index (κ3) is 1.88. The summed E-state index contributed by atoms with van der Waals surface area (Å²) in [4.78, 5) is 0. The quantitative estimate of drug-likeness (QED) is 0.430. The summed E-state index contributed by atoms with van der Waals surface area (Å²) < 4.78 is 0. The topological polar surface area (TPSA) is 101 Å². The van der Waals surface area contributed by atoms with Gasteiger partial charge in [0, 0.05) is 23.3 Å². The van der Waals surface area contributed by atoms with Crippen molar-refractivity contribution in [2.24, 2.45) is 57.2 Å². The summed E-state index contributed by atoms with van der Waals surface area (Å²) in [5.74, 6) is 4.00. The van der Waals surface area contributed by atoms with Gasteiger partial charge in [0.25, 0.3) is 0 Å². The molecule has 0 heterocycles. The van der Waals surface area contributed by atoms with Crippen LogP contribution in [-0.2, 0) is 0 Å². The van der Waals surface area contributed by atoms with Crippen molar-refractivity contribution in [1.82, 2.24) is 10.9 Å². The van der Waals surface area contributed by atoms with Crippen molar-refractivity contribution in [1.29, 1.82) is 0 Å². The van der Waals surface area contributed by atoms with Crippen LogP contribution in [0.1, 0.15) is 19.3 Å². The normalized spacial score (nSPS) is 45.5. The highest BCUT2D eigenvalue weighted by Crippen LogP contribution is 2.68. The zero-order valence-corrected chi connectivity index (χ0v) is 13.1. The molecule has 112 valence electrons. The van der Waals surface area contributed by atoms with Crippen LogP contribution in [0.5, 0.6) is 0 Å². The molecule has 2 bridgehead atoms. The van der Waals surface area contributed by atoms with Gasteiger partial charge in [-0.1, -0.05) is 0 Å². The molecular weight excluding hydrogens is 304 g/mol. The summed E-state index contributed by atoms with van der Waals surface area (Å²) in [6.45, 7) is 0. The van der Waals surface area contributed by atoms with Gasteiger partial charge in [0.15, 0.2) is 10.2 Å². The molecule has 4 saturated carbocycles. The maximum Gasteiger partial charge on any atom is 0.184 e. The number of nitrogens with zero attached hydrogens (tertiary/aromatic N) is 2. The molecule has 6 N–H and O–H groups in total. The van der Waals surface area contributed by atoms with Gasteiger partial charge < -0.3 is 11.5 Å². The Balaban J connectivity index is 1.63. The van der Waals surface area contributed by atoms with Crippen molar-refractivity contribution >= 4 is 46.1 Å². The van der Waals surface area contributed by atoms with Crippen LogP contribution in [-0.4, -0.2) is 21.6 Å². The number of nitrogens with one attached hydrogen (secondary N) is 2. The van der Waals surface area contributed by atoms with Crippen LogP contribution in [0, 0.1) is 35.5 Å². The Morgan fingerprint density at radius 3 is 1.67 bits per heavy atom. The van der Waals surface area contributed by atoms with E-state index in [1.165, 1.54) is 17.8 Å². The van der Waals surface area contributed by atoms with Gasteiger partial charge in [-0.05, 0) is 67.4 Å². The first-order valence-corrected chi connectivity index (χ1v) is 8.11. The van der Waals surface area contributed by atoms with E-state index in [1.807, 2.05) is 0 Å². The lowest BCUT2D eigenvalue weighted by Crippen LogP contribution is -2.31. The lowest BCUT2D eigenvalue weighted by Gasteiger charge is -2.24. The van der Waals surface area contributed by atoms with Crippen LogP contribution in [0.3, 0.4) is 0 Å². The van der Waals surface area contributed by atoms with Crippen molar-refractivity contribution in [2.45, 2.75) is 19.3 Å². The van der Waals surface area contributed by atoms with Crippen molar-refractivity contribution in [3.05, 3.63) is 0 Å². The molecule has 21 heavy (non-hydrogen) atoms. The van der Waals surface area contributed by atoms with E-state index in [4.69, 9.17) is 35.9 Å². The molecule has 0 radical (unpaired) electrons. The SMILES string of the molecule is NC(=S)N/N=C1\CC2C3C/C(=N\NC(N)=S)C4C3CC2C14. The Bertz CT molecular complexity index is 531. The number of nitrogens with two attached hydrogens (primary N) is 2. The van der Waals surface area contributed by atoms with Crippen molar-refractivity contribution < 1.29 is 0 Å². The third-order valence-electron chi connectivity index (χ3n) is 5.78. The maximum atomic E-state index is 5.49. The van der Waals surface area contributed by atoms with Gasteiger partial charge >= 0.3 is 0 Å². The molecule has 0 saturated heterocycles. The fourth-order valence-corrected chi connectivity index (χ4v) is 5.51. The molecule has 4 aliphatic rings. The maximum absolute atomic E-state index is 5.49. The number of thiocarbonyl (C=S) groups is 2. The van der Waals surface area contributed by atoms with E-state index in [0.717, 1.165) is 36.5 Å². The van der Waals surface area contributed by atoms with Crippen molar-refractivity contribution in [3.8, 4) is 0 Å². The molecule has 6 atom stereocenters. The second-order valence-corrected chi connectivity index (χ2v) is 7.39. The Labute approximate surface area is 133 Å². The van der Waals surface area contributed by atoms with Gasteiger partial charge in [0.05, 0.1) is 0 Å². The van der Waals surface area contributed by atoms with E-state index in [9.17, 15) is 0 Å². The summed E-state index contributed by atoms with van der Waals surface area (Å²) >= 11 is 9.70. The molecule has 0 aromatic carbocycles. The van der Waals surface area contributed by atoms with Crippen LogP contribution in [0.4, 0.5) is 0 Å². The van der Waals surface area contributed by atoms with Gasteiger partial charge in [0.2, 0.25) is 0 Å². The van der Waals surface area contributed by atoms with E-state index in [-0.39, 0.29) is 10.2 Å². The van der Waals surface area contributed by atoms with Gasteiger partial charge in [0.1, 0.15) is 0 Å². The summed E-state index contributed by atoms with van der Waals surface area (Å²) in [7, 11) is 0. The molecule has 6 unspecified atom stereocenters. The summed E-state index contributed by atoms with van der Waals surface area (Å²) in [5.41, 5.74) is 18.9. The van der Waals surface area contributed by atoms with Crippen LogP contribution >= 0.6 is 24.4 Å². The van der Waals surface area contributed by atoms with E-state index in [0.29, 0.717) is 11.8 Å². The highest BCUT2D eigenvalue weighted by molar-refractivity contribution is 7.80. The molecule has 0 aromatic rings. The zero-order valence-electron chi connectivity index (χ0n) is 11.5. The Morgan fingerprint density at radius 2 is 1.29 bits per heavy atom. The number of hydrogen-bond acceptors (Lipinski definition) is 4. The minimum atomic E-state index is 0.227. The lowest BCUT2D eigenvalue weighted by molar-refractivity contribution is 0.242. The van der Waals surface area contributed by atoms with Crippen LogP contribution in [0.15, 0.2) is 10.2 Å². The highest BCUT2D eigenvalue weighted by Gasteiger charge is 2.67. The van der Waals surface area contributed by atoms with Gasteiger partial charge in [-0.2, -0.15) is 10.2 Å². The van der Waals surface area contributed by atoms with E-state index < -0.39 is 0 Å². The second-order valence-electron chi connectivity index (χ2n) is 6.51. The molecule has 0 aromatic heterocycles. The first kappa shape index (κ1) is 13.4. The lowest BCUT2D eigenvalue weighted by atomic mass is 9.79. The minimum Gasteiger partial charge on any atom is -0.375 e. The van der Waals surface area contributed by atoms with E-state index >= 15 is 0 Å². The first-order chi connectivity index (χ1) is 10.1. The molecule has 0 aliphatic heterocycles. The van der Waals surface area contributed by atoms with E-state index in [1.54, 1.807) is 0 Å². The molecule has 0 amide bonds. The Kier molecular flexibility index (Phi) is 2.94. The molecule has 4 aliphatic carbocycles. The number of hydrogen-bond donors (Lipinski definition) is 4. The largest absolute Gasteiger partial charge is 0.375 e. The molecule has 0 spiro atoms. The monoisotopic (exact) mass is 322 g/mol. The molecule has 8 heteroatoms. The predicted octanol–water partition coefficient (Wildman–Crippen LogP) is 0.287. The molecule has 4 rings (SSSR count). The smallest absolute Gasteiger partial charge is 0.184 e. The third-order valence-corrected chi connectivity index (χ3v) is 5.96. The highest BCUT2D eigenvalue weighted by atomic mass is 32.1. The number of rotatable bonds is 2. The second kappa shape index (κ2) is 4.61. The van der Waals surface area contributed by atoms with Crippen LogP contribution < -0.4 is 22.3 Å². The van der Waals surface area contributed by atoms with Crippen LogP contribution in [0.25, 0.3) is 0 Å². The fourth-order valence-electron chi connectivity index (χ4n) is 5.42. The first-order valence-electron chi connectivity index (χ1n) is 7.30. The average molecular weight is 322 g/mol. The Morgan fingerprint density at radius 1 is 0.857 bits per heavy atom. The number of fused-ring (bicyclic) bond motifs is 2. The summed E-state index contributed by atoms with van der Waals surface area (Å²) in [6.07, 6.45) is 3.47. The van der Waals surface area contributed by atoms with Gasteiger partial charge in [-0.25, -0.2) is 0 Å². The fraction of sp³-hybridized carbons (Fsp3) is 0.692.